The molecule has 0 saturated heterocycles. The summed E-state index contributed by atoms with van der Waals surface area (Å²) in [6.45, 7) is 0. The summed E-state index contributed by atoms with van der Waals surface area (Å²) in [5.41, 5.74) is 3.33. The van der Waals surface area contributed by atoms with Crippen LogP contribution in [0.2, 0.25) is 0 Å². The van der Waals surface area contributed by atoms with Gasteiger partial charge in [0.15, 0.2) is 0 Å². The molecule has 1 aliphatic carbocycles. The fraction of sp³-hybridized carbons (Fsp3) is 0.120. The maximum absolute atomic E-state index is 13.5. The average molecular weight is 408 g/mol. The SMILES string of the molecule is O=c1c2c(-c3cncnc3)cccc2ccn1[C@@H]1C[C@@H]1c1ccc2cc(F)ccc2n1. The van der Waals surface area contributed by atoms with Crippen molar-refractivity contribution in [3.05, 3.63) is 101 Å². The molecular formula is C25H17FN4O. The third kappa shape index (κ3) is 2.99. The Morgan fingerprint density at radius 2 is 1.84 bits per heavy atom. The van der Waals surface area contributed by atoms with Crippen LogP contribution >= 0.6 is 0 Å². The predicted molar refractivity (Wildman–Crippen MR) is 117 cm³/mol. The lowest BCUT2D eigenvalue weighted by molar-refractivity contribution is 0.629. The normalized spacial score (nSPS) is 17.8. The van der Waals surface area contributed by atoms with Crippen LogP contribution in [0.25, 0.3) is 32.8 Å². The van der Waals surface area contributed by atoms with Crippen molar-refractivity contribution in [2.45, 2.75) is 18.4 Å². The highest BCUT2D eigenvalue weighted by Crippen LogP contribution is 2.50. The Morgan fingerprint density at radius 1 is 0.968 bits per heavy atom. The molecule has 0 bridgehead atoms. The molecule has 0 aliphatic heterocycles. The molecule has 31 heavy (non-hydrogen) atoms. The van der Waals surface area contributed by atoms with Gasteiger partial charge in [0.2, 0.25) is 0 Å². The molecule has 2 aromatic carbocycles. The van der Waals surface area contributed by atoms with Gasteiger partial charge in [0, 0.05) is 47.2 Å². The van der Waals surface area contributed by atoms with Crippen LogP contribution in [0.5, 0.6) is 0 Å². The first-order chi connectivity index (χ1) is 15.2. The average Bonchev–Trinajstić information content (AvgIpc) is 3.60. The van der Waals surface area contributed by atoms with Gasteiger partial charge in [-0.05, 0) is 47.7 Å². The second-order valence-corrected chi connectivity index (χ2v) is 7.91. The van der Waals surface area contributed by atoms with E-state index in [-0.39, 0.29) is 23.3 Å². The zero-order valence-corrected chi connectivity index (χ0v) is 16.4. The molecule has 0 unspecified atom stereocenters. The van der Waals surface area contributed by atoms with Crippen LogP contribution in [-0.2, 0) is 0 Å². The lowest BCUT2D eigenvalue weighted by Crippen LogP contribution is -2.19. The Labute approximate surface area is 176 Å². The minimum Gasteiger partial charge on any atom is -0.311 e. The highest BCUT2D eigenvalue weighted by molar-refractivity contribution is 5.95. The molecule has 5 nitrogen and oxygen atoms in total. The summed E-state index contributed by atoms with van der Waals surface area (Å²) in [7, 11) is 0. The van der Waals surface area contributed by atoms with Crippen molar-refractivity contribution in [3.8, 4) is 11.1 Å². The lowest BCUT2D eigenvalue weighted by Gasteiger charge is -2.10. The monoisotopic (exact) mass is 408 g/mol. The van der Waals surface area contributed by atoms with Gasteiger partial charge in [-0.2, -0.15) is 0 Å². The van der Waals surface area contributed by atoms with Crippen molar-refractivity contribution < 1.29 is 4.39 Å². The topological polar surface area (TPSA) is 60.7 Å². The molecule has 150 valence electrons. The first kappa shape index (κ1) is 17.9. The van der Waals surface area contributed by atoms with E-state index in [0.29, 0.717) is 5.39 Å². The summed E-state index contributed by atoms with van der Waals surface area (Å²) in [6, 6.07) is 16.3. The van der Waals surface area contributed by atoms with Crippen LogP contribution in [0.1, 0.15) is 24.1 Å². The third-order valence-electron chi connectivity index (χ3n) is 6.00. The largest absolute Gasteiger partial charge is 0.311 e. The van der Waals surface area contributed by atoms with Crippen molar-refractivity contribution in [2.24, 2.45) is 0 Å². The fourth-order valence-corrected chi connectivity index (χ4v) is 4.37. The van der Waals surface area contributed by atoms with Gasteiger partial charge >= 0.3 is 0 Å². The van der Waals surface area contributed by atoms with Gasteiger partial charge in [0.25, 0.3) is 5.56 Å². The summed E-state index contributed by atoms with van der Waals surface area (Å²) in [4.78, 5) is 26.4. The van der Waals surface area contributed by atoms with Gasteiger partial charge in [-0.3, -0.25) is 9.78 Å². The van der Waals surface area contributed by atoms with E-state index in [0.717, 1.165) is 39.5 Å². The molecule has 3 aromatic heterocycles. The van der Waals surface area contributed by atoms with Crippen molar-refractivity contribution in [3.63, 3.8) is 0 Å². The van der Waals surface area contributed by atoms with Gasteiger partial charge in [-0.25, -0.2) is 14.4 Å². The molecule has 0 amide bonds. The zero-order chi connectivity index (χ0) is 20.9. The fourth-order valence-electron chi connectivity index (χ4n) is 4.37. The first-order valence-electron chi connectivity index (χ1n) is 10.1. The van der Waals surface area contributed by atoms with Crippen LogP contribution in [0.4, 0.5) is 4.39 Å². The number of nitrogens with zero attached hydrogens (tertiary/aromatic N) is 4. The van der Waals surface area contributed by atoms with Gasteiger partial charge in [-0.15, -0.1) is 0 Å². The molecule has 5 aromatic rings. The zero-order valence-electron chi connectivity index (χ0n) is 16.4. The molecule has 1 aliphatic rings. The Hall–Kier alpha value is -3.93. The molecule has 0 spiro atoms. The number of fused-ring (bicyclic) bond motifs is 2. The smallest absolute Gasteiger partial charge is 0.259 e. The van der Waals surface area contributed by atoms with Crippen molar-refractivity contribution in [1.82, 2.24) is 19.5 Å². The second kappa shape index (κ2) is 6.80. The summed E-state index contributed by atoms with van der Waals surface area (Å²) in [5, 5.41) is 2.34. The first-order valence-corrected chi connectivity index (χ1v) is 10.1. The van der Waals surface area contributed by atoms with Crippen molar-refractivity contribution in [1.29, 1.82) is 0 Å². The lowest BCUT2D eigenvalue weighted by atomic mass is 10.0. The summed E-state index contributed by atoms with van der Waals surface area (Å²) in [5.74, 6) is -0.106. The molecule has 6 rings (SSSR count). The molecule has 1 fully saturated rings. The van der Waals surface area contributed by atoms with E-state index < -0.39 is 0 Å². The number of hydrogen-bond acceptors (Lipinski definition) is 4. The molecule has 1 saturated carbocycles. The van der Waals surface area contributed by atoms with E-state index in [1.54, 1.807) is 18.5 Å². The standard InChI is InChI=1S/C25H17FN4O/c26-18-5-7-21-16(10-18)4-6-22(29-21)20-11-23(20)30-9-8-15-2-1-3-19(24(15)25(30)31)17-12-27-14-28-13-17/h1-10,12-14,20,23H,11H2/t20-,23-/m1/s1. The molecule has 0 N–H and O–H groups in total. The third-order valence-corrected chi connectivity index (χ3v) is 6.00. The molecule has 6 heteroatoms. The number of rotatable bonds is 3. The van der Waals surface area contributed by atoms with Crippen molar-refractivity contribution >= 4 is 21.7 Å². The molecule has 2 atom stereocenters. The van der Waals surface area contributed by atoms with Gasteiger partial charge < -0.3 is 4.57 Å². The van der Waals surface area contributed by atoms with Crippen LogP contribution in [0.3, 0.4) is 0 Å². The minimum atomic E-state index is -0.270. The summed E-state index contributed by atoms with van der Waals surface area (Å²) < 4.78 is 15.3. The van der Waals surface area contributed by atoms with Crippen LogP contribution in [-0.4, -0.2) is 19.5 Å². The van der Waals surface area contributed by atoms with E-state index in [1.165, 1.54) is 18.5 Å². The van der Waals surface area contributed by atoms with E-state index in [1.807, 2.05) is 47.2 Å². The molecule has 3 heterocycles. The summed E-state index contributed by atoms with van der Waals surface area (Å²) >= 11 is 0. The van der Waals surface area contributed by atoms with E-state index in [4.69, 9.17) is 4.98 Å². The van der Waals surface area contributed by atoms with Crippen LogP contribution in [0.15, 0.2) is 84.3 Å². The summed E-state index contributed by atoms with van der Waals surface area (Å²) in [6.07, 6.45) is 7.64. The maximum Gasteiger partial charge on any atom is 0.259 e. The van der Waals surface area contributed by atoms with Gasteiger partial charge in [0.05, 0.1) is 10.9 Å². The molecular weight excluding hydrogens is 391 g/mol. The quantitative estimate of drug-likeness (QED) is 0.427. The van der Waals surface area contributed by atoms with E-state index in [2.05, 4.69) is 9.97 Å². The van der Waals surface area contributed by atoms with E-state index in [9.17, 15) is 9.18 Å². The van der Waals surface area contributed by atoms with Crippen LogP contribution in [0, 0.1) is 5.82 Å². The Morgan fingerprint density at radius 3 is 2.71 bits per heavy atom. The number of aromatic nitrogens is 4. The minimum absolute atomic E-state index is 0.0210. The number of hydrogen-bond donors (Lipinski definition) is 0. The second-order valence-electron chi connectivity index (χ2n) is 7.91. The Balaban J connectivity index is 1.41. The van der Waals surface area contributed by atoms with Gasteiger partial charge in [-0.1, -0.05) is 24.3 Å². The highest BCUT2D eigenvalue weighted by Gasteiger charge is 2.41. The van der Waals surface area contributed by atoms with E-state index >= 15 is 0 Å². The number of pyridine rings is 2. The molecule has 0 radical (unpaired) electrons. The Kier molecular flexibility index (Phi) is 3.93. The number of benzene rings is 2. The Bertz CT molecular complexity index is 1510. The number of halogens is 1. The highest BCUT2D eigenvalue weighted by atomic mass is 19.1. The predicted octanol–water partition coefficient (Wildman–Crippen LogP) is 4.87. The van der Waals surface area contributed by atoms with Crippen molar-refractivity contribution in [2.75, 3.05) is 0 Å². The maximum atomic E-state index is 13.5. The van der Waals surface area contributed by atoms with Gasteiger partial charge in [0.1, 0.15) is 12.1 Å². The van der Waals surface area contributed by atoms with Crippen LogP contribution < -0.4 is 5.56 Å².